The highest BCUT2D eigenvalue weighted by atomic mass is 32.1. The van der Waals surface area contributed by atoms with Crippen LogP contribution in [0.3, 0.4) is 0 Å². The van der Waals surface area contributed by atoms with E-state index < -0.39 is 6.04 Å². The van der Waals surface area contributed by atoms with Gasteiger partial charge in [0.2, 0.25) is 0 Å². The number of esters is 1. The molecule has 0 amide bonds. The summed E-state index contributed by atoms with van der Waals surface area (Å²) in [6.45, 7) is 5.49. The van der Waals surface area contributed by atoms with Crippen molar-refractivity contribution < 1.29 is 9.53 Å². The van der Waals surface area contributed by atoms with Crippen LogP contribution in [0.25, 0.3) is 10.2 Å². The van der Waals surface area contributed by atoms with Crippen LogP contribution in [0, 0.1) is 0 Å². The molecule has 2 aromatic rings. The topological polar surface area (TPSA) is 61.2 Å². The van der Waals surface area contributed by atoms with E-state index in [0.29, 0.717) is 5.39 Å². The van der Waals surface area contributed by atoms with Crippen molar-refractivity contribution >= 4 is 27.5 Å². The molecule has 0 aromatic carbocycles. The van der Waals surface area contributed by atoms with Gasteiger partial charge in [0, 0.05) is 4.88 Å². The number of fused-ring (bicyclic) bond motifs is 3. The molecule has 0 N–H and O–H groups in total. The number of aryl methyl sites for hydroxylation is 2. The van der Waals surface area contributed by atoms with Crippen molar-refractivity contribution in [1.82, 2.24) is 9.55 Å². The van der Waals surface area contributed by atoms with E-state index in [1.54, 1.807) is 18.3 Å². The number of ether oxygens (including phenoxy) is 1. The summed E-state index contributed by atoms with van der Waals surface area (Å²) < 4.78 is 6.73. The fraction of sp³-hybridized carbons (Fsp3) is 0.562. The molecule has 0 aliphatic heterocycles. The average molecular weight is 320 g/mol. The standard InChI is InChI=1S/C16H20N2O3S/c1-4-9(2)21-16(20)10(3)18-8-17-14-13(15(18)19)11-6-5-7-12(11)22-14/h8-10H,4-7H2,1-3H3/t9-,10-/m1/s1. The number of hydrogen-bond acceptors (Lipinski definition) is 5. The average Bonchev–Trinajstić information content (AvgIpc) is 3.07. The van der Waals surface area contributed by atoms with Gasteiger partial charge in [-0.3, -0.25) is 9.36 Å². The van der Waals surface area contributed by atoms with E-state index in [1.807, 2.05) is 13.8 Å². The van der Waals surface area contributed by atoms with Crippen LogP contribution >= 0.6 is 11.3 Å². The third-order valence-corrected chi connectivity index (χ3v) is 5.50. The molecule has 2 heterocycles. The molecule has 0 fully saturated rings. The van der Waals surface area contributed by atoms with Crippen molar-refractivity contribution in [3.05, 3.63) is 27.1 Å². The number of aromatic nitrogens is 2. The van der Waals surface area contributed by atoms with Gasteiger partial charge in [-0.25, -0.2) is 9.78 Å². The second-order valence-electron chi connectivity index (χ2n) is 5.83. The van der Waals surface area contributed by atoms with Crippen LogP contribution in [0.15, 0.2) is 11.1 Å². The van der Waals surface area contributed by atoms with E-state index in [-0.39, 0.29) is 17.6 Å². The minimum atomic E-state index is -0.657. The first-order chi connectivity index (χ1) is 10.5. The first-order valence-corrected chi connectivity index (χ1v) is 8.56. The van der Waals surface area contributed by atoms with Gasteiger partial charge in [-0.15, -0.1) is 11.3 Å². The molecule has 118 valence electrons. The van der Waals surface area contributed by atoms with Gasteiger partial charge in [-0.05, 0) is 45.1 Å². The lowest BCUT2D eigenvalue weighted by molar-refractivity contribution is -0.152. The maximum atomic E-state index is 12.8. The fourth-order valence-corrected chi connectivity index (χ4v) is 3.99. The van der Waals surface area contributed by atoms with Crippen LogP contribution in [0.5, 0.6) is 0 Å². The monoisotopic (exact) mass is 320 g/mol. The maximum absolute atomic E-state index is 12.8. The molecule has 0 bridgehead atoms. The zero-order chi connectivity index (χ0) is 15.9. The summed E-state index contributed by atoms with van der Waals surface area (Å²) in [5.74, 6) is -0.385. The van der Waals surface area contributed by atoms with E-state index in [2.05, 4.69) is 4.98 Å². The van der Waals surface area contributed by atoms with E-state index in [4.69, 9.17) is 4.74 Å². The highest BCUT2D eigenvalue weighted by Crippen LogP contribution is 2.34. The molecule has 6 heteroatoms. The molecule has 0 unspecified atom stereocenters. The third kappa shape index (κ3) is 2.45. The molecule has 1 aliphatic carbocycles. The molecule has 1 aliphatic rings. The summed E-state index contributed by atoms with van der Waals surface area (Å²) in [6.07, 6.45) is 5.13. The highest BCUT2D eigenvalue weighted by Gasteiger charge is 2.25. The SMILES string of the molecule is CC[C@@H](C)OC(=O)[C@@H](C)n1cnc2sc3c(c2c1=O)CCC3. The van der Waals surface area contributed by atoms with Crippen molar-refractivity contribution in [3.63, 3.8) is 0 Å². The molecule has 0 spiro atoms. The fourth-order valence-electron chi connectivity index (χ4n) is 2.77. The molecule has 0 saturated heterocycles. The van der Waals surface area contributed by atoms with Crippen molar-refractivity contribution in [2.24, 2.45) is 0 Å². The lowest BCUT2D eigenvalue weighted by atomic mass is 10.2. The molecule has 22 heavy (non-hydrogen) atoms. The molecule has 2 aromatic heterocycles. The van der Waals surface area contributed by atoms with Gasteiger partial charge >= 0.3 is 5.97 Å². The Kier molecular flexibility index (Phi) is 4.04. The smallest absolute Gasteiger partial charge is 0.329 e. The van der Waals surface area contributed by atoms with Gasteiger partial charge in [0.05, 0.1) is 17.8 Å². The third-order valence-electron chi connectivity index (χ3n) is 4.30. The molecule has 2 atom stereocenters. The molecular formula is C16H20N2O3S. The van der Waals surface area contributed by atoms with E-state index >= 15 is 0 Å². The zero-order valence-corrected chi connectivity index (χ0v) is 13.9. The van der Waals surface area contributed by atoms with Crippen molar-refractivity contribution in [2.45, 2.75) is 58.6 Å². The Morgan fingerprint density at radius 2 is 2.23 bits per heavy atom. The van der Waals surface area contributed by atoms with Crippen LogP contribution in [0.2, 0.25) is 0 Å². The van der Waals surface area contributed by atoms with Crippen LogP contribution in [0.1, 0.15) is 50.1 Å². The van der Waals surface area contributed by atoms with E-state index in [9.17, 15) is 9.59 Å². The zero-order valence-electron chi connectivity index (χ0n) is 13.1. The number of hydrogen-bond donors (Lipinski definition) is 0. The van der Waals surface area contributed by atoms with Gasteiger partial charge in [-0.1, -0.05) is 6.92 Å². The van der Waals surface area contributed by atoms with Gasteiger partial charge in [0.1, 0.15) is 10.9 Å². The summed E-state index contributed by atoms with van der Waals surface area (Å²) in [5, 5.41) is 0.697. The first kappa shape index (κ1) is 15.2. The Labute approximate surface area is 132 Å². The van der Waals surface area contributed by atoms with Crippen LogP contribution in [-0.4, -0.2) is 21.6 Å². The van der Waals surface area contributed by atoms with Crippen LogP contribution < -0.4 is 5.56 Å². The number of thiophene rings is 1. The molecule has 3 rings (SSSR count). The summed E-state index contributed by atoms with van der Waals surface area (Å²) in [7, 11) is 0. The number of carbonyl (C=O) groups is 1. The minimum absolute atomic E-state index is 0.127. The predicted octanol–water partition coefficient (Wildman–Crippen LogP) is 2.85. The largest absolute Gasteiger partial charge is 0.461 e. The number of nitrogens with zero attached hydrogens (tertiary/aromatic N) is 2. The summed E-state index contributed by atoms with van der Waals surface area (Å²) in [4.78, 5) is 31.4. The van der Waals surface area contributed by atoms with Gasteiger partial charge in [-0.2, -0.15) is 0 Å². The van der Waals surface area contributed by atoms with E-state index in [0.717, 1.165) is 36.1 Å². The van der Waals surface area contributed by atoms with Crippen LogP contribution in [-0.2, 0) is 22.4 Å². The summed E-state index contributed by atoms with van der Waals surface area (Å²) >= 11 is 1.60. The van der Waals surface area contributed by atoms with E-state index in [1.165, 1.54) is 15.8 Å². The molecular weight excluding hydrogens is 300 g/mol. The Hall–Kier alpha value is -1.69. The Morgan fingerprint density at radius 3 is 2.95 bits per heavy atom. The lowest BCUT2D eigenvalue weighted by Crippen LogP contribution is -2.31. The second kappa shape index (κ2) is 5.83. The summed E-state index contributed by atoms with van der Waals surface area (Å²) in [5.41, 5.74) is 1.01. The normalized spacial score (nSPS) is 16.5. The minimum Gasteiger partial charge on any atom is -0.461 e. The van der Waals surface area contributed by atoms with Crippen LogP contribution in [0.4, 0.5) is 0 Å². The Bertz CT molecular complexity index is 778. The first-order valence-electron chi connectivity index (χ1n) is 7.74. The van der Waals surface area contributed by atoms with Crippen molar-refractivity contribution in [3.8, 4) is 0 Å². The van der Waals surface area contributed by atoms with Gasteiger partial charge in [0.25, 0.3) is 5.56 Å². The Balaban J connectivity index is 1.99. The maximum Gasteiger partial charge on any atom is 0.329 e. The Morgan fingerprint density at radius 1 is 1.45 bits per heavy atom. The molecule has 5 nitrogen and oxygen atoms in total. The second-order valence-corrected chi connectivity index (χ2v) is 6.91. The van der Waals surface area contributed by atoms with Gasteiger partial charge < -0.3 is 4.74 Å². The van der Waals surface area contributed by atoms with Crippen molar-refractivity contribution in [1.29, 1.82) is 0 Å². The number of rotatable bonds is 4. The highest BCUT2D eigenvalue weighted by molar-refractivity contribution is 7.18. The number of carbonyl (C=O) groups excluding carboxylic acids is 1. The molecule has 0 radical (unpaired) electrons. The van der Waals surface area contributed by atoms with Gasteiger partial charge in [0.15, 0.2) is 0 Å². The van der Waals surface area contributed by atoms with Crippen molar-refractivity contribution in [2.75, 3.05) is 0 Å². The summed E-state index contributed by atoms with van der Waals surface area (Å²) in [6, 6.07) is -0.657. The lowest BCUT2D eigenvalue weighted by Gasteiger charge is -2.17. The predicted molar refractivity (Wildman–Crippen MR) is 86.5 cm³/mol. The quantitative estimate of drug-likeness (QED) is 0.813. The molecule has 0 saturated carbocycles.